The summed E-state index contributed by atoms with van der Waals surface area (Å²) in [6, 6.07) is 7.79. The molecule has 3 heterocycles. The van der Waals surface area contributed by atoms with Crippen LogP contribution in [0.2, 0.25) is 0 Å². The van der Waals surface area contributed by atoms with Gasteiger partial charge in [0.15, 0.2) is 48.0 Å². The molecule has 0 amide bonds. The average Bonchev–Trinajstić information content (AvgIpc) is 3.16. The number of ether oxygens (including phenoxy) is 7. The lowest BCUT2D eigenvalue weighted by molar-refractivity contribution is -0.386. The summed E-state index contributed by atoms with van der Waals surface area (Å²) in [4.78, 5) is 13.1. The third-order valence-electron chi connectivity index (χ3n) is 9.39. The van der Waals surface area contributed by atoms with Gasteiger partial charge in [-0.15, -0.1) is 0 Å². The van der Waals surface area contributed by atoms with Crippen molar-refractivity contribution < 1.29 is 99.2 Å². The number of rotatable bonds is 13. The van der Waals surface area contributed by atoms with Gasteiger partial charge in [-0.3, -0.25) is 0 Å². The van der Waals surface area contributed by atoms with Crippen LogP contribution in [0.1, 0.15) is 18.1 Å². The molecule has 3 aliphatic heterocycles. The van der Waals surface area contributed by atoms with E-state index >= 15 is 0 Å². The van der Waals surface area contributed by atoms with Crippen LogP contribution in [0.4, 0.5) is 0 Å². The van der Waals surface area contributed by atoms with Crippen LogP contribution in [0.25, 0.3) is 6.08 Å². The number of hydrogen-bond donors (Lipinski definition) is 12. The van der Waals surface area contributed by atoms with Crippen LogP contribution >= 0.6 is 0 Å². The highest BCUT2D eigenvalue weighted by Gasteiger charge is 2.54. The second kappa shape index (κ2) is 18.5. The Bertz CT molecular complexity index is 1610. The summed E-state index contributed by atoms with van der Waals surface area (Å²) in [5, 5.41) is 123. The highest BCUT2D eigenvalue weighted by atomic mass is 16.8. The Balaban J connectivity index is 1.41. The predicted octanol–water partition coefficient (Wildman–Crippen LogP) is -3.19. The molecule has 2 aromatic rings. The van der Waals surface area contributed by atoms with Crippen LogP contribution in [-0.2, 0) is 44.4 Å². The Hall–Kier alpha value is -3.71. The van der Waals surface area contributed by atoms with Gasteiger partial charge < -0.3 is 94.4 Å². The lowest BCUT2D eigenvalue weighted by Gasteiger charge is -2.48. The fourth-order valence-corrected chi connectivity index (χ4v) is 6.22. The van der Waals surface area contributed by atoms with E-state index in [1.54, 1.807) is 0 Å². The largest absolute Gasteiger partial charge is 0.504 e. The van der Waals surface area contributed by atoms with E-state index < -0.39 is 123 Å². The van der Waals surface area contributed by atoms with Gasteiger partial charge >= 0.3 is 5.97 Å². The van der Waals surface area contributed by atoms with Crippen LogP contribution in [0.15, 0.2) is 42.5 Å². The second-order valence-corrected chi connectivity index (χ2v) is 13.2. The van der Waals surface area contributed by atoms with E-state index in [9.17, 15) is 66.1 Å². The molecule has 0 spiro atoms. The van der Waals surface area contributed by atoms with E-state index in [1.807, 2.05) is 0 Å². The zero-order valence-electron chi connectivity index (χ0n) is 29.2. The van der Waals surface area contributed by atoms with E-state index in [0.717, 1.165) is 12.1 Å². The maximum Gasteiger partial charge on any atom is 0.331 e. The number of aromatic hydroxyl groups is 4. The van der Waals surface area contributed by atoms with Crippen LogP contribution < -0.4 is 0 Å². The number of carbonyl (C=O) groups is 1. The maximum atomic E-state index is 13.1. The molecule has 3 aliphatic rings. The molecule has 3 fully saturated rings. The highest BCUT2D eigenvalue weighted by molar-refractivity contribution is 5.87. The molecule has 55 heavy (non-hydrogen) atoms. The Morgan fingerprint density at radius 3 is 1.95 bits per heavy atom. The molecule has 12 N–H and O–H groups in total. The van der Waals surface area contributed by atoms with Crippen molar-refractivity contribution in [1.82, 2.24) is 0 Å². The lowest BCUT2D eigenvalue weighted by atomic mass is 9.96. The summed E-state index contributed by atoms with van der Waals surface area (Å²) in [6.07, 6.45) is -23.1. The van der Waals surface area contributed by atoms with Gasteiger partial charge in [-0.1, -0.05) is 12.1 Å². The molecule has 5 rings (SSSR count). The SMILES string of the molecule is C[C@@H]1O[C@@H](O[C@@H]2[C@@H](O)[C@H](OCCc3ccc(O)c(O)c3)O[C@H](CO)[C@H]2OC(=O)C=Cc2ccc(O)c(O)c2)[C@H](O[C@@H]2O[C@H](CO)[C@@H](O)[C@H](O)[C@H]2O)[C@H](O)[C@H]1O. The van der Waals surface area contributed by atoms with Crippen molar-refractivity contribution in [2.24, 2.45) is 0 Å². The maximum absolute atomic E-state index is 13.1. The van der Waals surface area contributed by atoms with E-state index in [0.29, 0.717) is 5.56 Å². The topological polar surface area (TPSA) is 324 Å². The van der Waals surface area contributed by atoms with E-state index in [-0.39, 0.29) is 30.1 Å². The van der Waals surface area contributed by atoms with Crippen LogP contribution in [0, 0.1) is 0 Å². The Morgan fingerprint density at radius 1 is 0.655 bits per heavy atom. The normalized spacial score (nSPS) is 36.9. The molecule has 2 aromatic carbocycles. The molecular formula is C35H46O20. The number of phenolic OH excluding ortho intramolecular Hbond substituents is 4. The number of esters is 1. The number of carbonyl (C=O) groups excluding carboxylic acids is 1. The average molecular weight is 787 g/mol. The quantitative estimate of drug-likeness (QED) is 0.0541. The first-order valence-corrected chi connectivity index (χ1v) is 17.2. The minimum absolute atomic E-state index is 0.133. The molecule has 3 saturated heterocycles. The van der Waals surface area contributed by atoms with Gasteiger partial charge in [0.1, 0.15) is 61.0 Å². The van der Waals surface area contributed by atoms with Crippen molar-refractivity contribution in [3.63, 3.8) is 0 Å². The Kier molecular flexibility index (Phi) is 14.3. The first kappa shape index (κ1) is 42.4. The molecule has 20 nitrogen and oxygen atoms in total. The number of phenols is 4. The molecule has 0 aromatic heterocycles. The highest BCUT2D eigenvalue weighted by Crippen LogP contribution is 2.35. The van der Waals surface area contributed by atoms with E-state index in [4.69, 9.17) is 33.2 Å². The third kappa shape index (κ3) is 9.82. The molecular weight excluding hydrogens is 740 g/mol. The van der Waals surface area contributed by atoms with Crippen molar-refractivity contribution in [3.8, 4) is 23.0 Å². The Labute approximate surface area is 313 Å². The van der Waals surface area contributed by atoms with Gasteiger partial charge in [-0.25, -0.2) is 4.79 Å². The first-order chi connectivity index (χ1) is 26.1. The molecule has 0 bridgehead atoms. The summed E-state index contributed by atoms with van der Waals surface area (Å²) in [6.45, 7) is -0.439. The van der Waals surface area contributed by atoms with Crippen LogP contribution in [0.3, 0.4) is 0 Å². The van der Waals surface area contributed by atoms with Gasteiger partial charge in [0.05, 0.1) is 25.9 Å². The van der Waals surface area contributed by atoms with Crippen molar-refractivity contribution in [2.45, 2.75) is 105 Å². The summed E-state index contributed by atoms with van der Waals surface area (Å²) >= 11 is 0. The molecule has 0 saturated carbocycles. The van der Waals surface area contributed by atoms with Crippen molar-refractivity contribution in [2.75, 3.05) is 19.8 Å². The fraction of sp³-hybridized carbons (Fsp3) is 0.571. The van der Waals surface area contributed by atoms with Gasteiger partial charge in [0, 0.05) is 6.08 Å². The van der Waals surface area contributed by atoms with Gasteiger partial charge in [-0.05, 0) is 54.8 Å². The first-order valence-electron chi connectivity index (χ1n) is 17.2. The smallest absolute Gasteiger partial charge is 0.331 e. The zero-order chi connectivity index (χ0) is 40.1. The lowest BCUT2D eigenvalue weighted by Crippen LogP contribution is -2.66. The molecule has 20 heteroatoms. The van der Waals surface area contributed by atoms with Crippen LogP contribution in [-0.4, -0.2) is 179 Å². The number of aliphatic hydroxyl groups is 8. The van der Waals surface area contributed by atoms with E-state index in [1.165, 1.54) is 43.3 Å². The summed E-state index contributed by atoms with van der Waals surface area (Å²) in [5.74, 6) is -2.65. The van der Waals surface area contributed by atoms with Gasteiger partial charge in [0.2, 0.25) is 0 Å². The number of hydrogen-bond acceptors (Lipinski definition) is 20. The number of benzene rings is 2. The summed E-state index contributed by atoms with van der Waals surface area (Å²) < 4.78 is 40.2. The molecule has 306 valence electrons. The van der Waals surface area contributed by atoms with Crippen molar-refractivity contribution in [3.05, 3.63) is 53.6 Å². The number of aliphatic hydroxyl groups excluding tert-OH is 8. The second-order valence-electron chi connectivity index (χ2n) is 13.2. The standard InChI is InChI=1S/C35H46O20/c1-14-24(43)27(46)32(55-34-28(47)26(45)25(44)21(12-36)51-34)35(50-14)54-31-29(48)33(49-9-8-16-3-6-18(39)20(41)11-16)52-22(13-37)30(31)53-23(42)7-4-15-2-5-17(38)19(40)10-15/h2-7,10-11,14,21-22,24-41,43-48H,8-9,12-13H2,1H3/t14-,21+,22+,24-,25+,26-,27+,28+,29+,30+,31+,32+,33+,34-,35-/m0/s1. The zero-order valence-corrected chi connectivity index (χ0v) is 29.2. The van der Waals surface area contributed by atoms with Crippen LogP contribution in [0.5, 0.6) is 23.0 Å². The summed E-state index contributed by atoms with van der Waals surface area (Å²) in [5.41, 5.74) is 0.803. The van der Waals surface area contributed by atoms with Crippen molar-refractivity contribution in [1.29, 1.82) is 0 Å². The van der Waals surface area contributed by atoms with Gasteiger partial charge in [-0.2, -0.15) is 0 Å². The minimum atomic E-state index is -1.95. The van der Waals surface area contributed by atoms with Crippen molar-refractivity contribution >= 4 is 12.0 Å². The molecule has 15 atom stereocenters. The molecule has 0 aliphatic carbocycles. The molecule has 0 radical (unpaired) electrons. The Morgan fingerprint density at radius 2 is 1.29 bits per heavy atom. The van der Waals surface area contributed by atoms with Gasteiger partial charge in [0.25, 0.3) is 0 Å². The van der Waals surface area contributed by atoms with E-state index in [2.05, 4.69) is 0 Å². The monoisotopic (exact) mass is 786 g/mol. The molecule has 0 unspecified atom stereocenters. The predicted molar refractivity (Wildman–Crippen MR) is 180 cm³/mol. The summed E-state index contributed by atoms with van der Waals surface area (Å²) in [7, 11) is 0. The third-order valence-corrected chi connectivity index (χ3v) is 9.39. The fourth-order valence-electron chi connectivity index (χ4n) is 6.22. The minimum Gasteiger partial charge on any atom is -0.504 e.